The normalized spacial score (nSPS) is 11.7. The van der Waals surface area contributed by atoms with Crippen molar-refractivity contribution in [1.82, 2.24) is 5.32 Å². The van der Waals surface area contributed by atoms with Gasteiger partial charge in [-0.2, -0.15) is 0 Å². The summed E-state index contributed by atoms with van der Waals surface area (Å²) in [6.07, 6.45) is 0. The highest BCUT2D eigenvalue weighted by molar-refractivity contribution is 6.01. The predicted octanol–water partition coefficient (Wildman–Crippen LogP) is 2.08. The lowest BCUT2D eigenvalue weighted by molar-refractivity contribution is -0.682. The smallest absolute Gasteiger partial charge is 0.326 e. The van der Waals surface area contributed by atoms with Gasteiger partial charge in [-0.15, -0.1) is 0 Å². The second-order valence-electron chi connectivity index (χ2n) is 5.38. The summed E-state index contributed by atoms with van der Waals surface area (Å²) < 4.78 is 39.9. The molecule has 0 radical (unpaired) electrons. The number of hydrogen-bond donors (Lipinski definition) is 3. The second kappa shape index (κ2) is 8.29. The molecule has 0 aliphatic carbocycles. The van der Waals surface area contributed by atoms with Crippen LogP contribution in [0.3, 0.4) is 0 Å². The van der Waals surface area contributed by atoms with Crippen LogP contribution in [-0.4, -0.2) is 18.5 Å². The number of carbonyl (C=O) groups is 2. The number of nitrogens with two attached hydrogens (primary N) is 1. The zero-order valence-corrected chi connectivity index (χ0v) is 13.4. The van der Waals surface area contributed by atoms with Crippen molar-refractivity contribution in [3.63, 3.8) is 0 Å². The molecule has 0 aliphatic heterocycles. The highest BCUT2D eigenvalue weighted by atomic mass is 19.1. The molecule has 5 nitrogen and oxygen atoms in total. The predicted molar refractivity (Wildman–Crippen MR) is 85.1 cm³/mol. The van der Waals surface area contributed by atoms with Crippen LogP contribution in [0.25, 0.3) is 0 Å². The molecule has 0 fully saturated rings. The van der Waals surface area contributed by atoms with E-state index in [2.05, 4.69) is 5.32 Å². The van der Waals surface area contributed by atoms with Gasteiger partial charge in [-0.05, 0) is 31.2 Å². The van der Waals surface area contributed by atoms with Crippen molar-refractivity contribution in [3.8, 4) is 0 Å². The van der Waals surface area contributed by atoms with Gasteiger partial charge >= 0.3 is 6.03 Å². The van der Waals surface area contributed by atoms with Gasteiger partial charge in [0.1, 0.15) is 23.5 Å². The Kier molecular flexibility index (Phi) is 6.13. The standard InChI is InChI=1S/C17H16F3N3O2/c1-10(12-7-6-11(18)8-14(12)20)21-9-16(24)23-17(25)22-15-5-3-2-4-13(15)19/h2-8,10,21H,9H2,1H3,(H2,22,23,24,25)/p+1/t10-/m0/s1. The minimum absolute atomic E-state index is 0.0569. The van der Waals surface area contributed by atoms with Gasteiger partial charge in [-0.1, -0.05) is 12.1 Å². The van der Waals surface area contributed by atoms with E-state index in [1.165, 1.54) is 35.6 Å². The van der Waals surface area contributed by atoms with Gasteiger partial charge in [-0.25, -0.2) is 18.0 Å². The summed E-state index contributed by atoms with van der Waals surface area (Å²) in [5.74, 6) is -2.65. The maximum absolute atomic E-state index is 13.7. The lowest BCUT2D eigenvalue weighted by atomic mass is 10.1. The number of rotatable bonds is 5. The fraction of sp³-hybridized carbons (Fsp3) is 0.176. The van der Waals surface area contributed by atoms with E-state index in [0.29, 0.717) is 0 Å². The van der Waals surface area contributed by atoms with Crippen molar-refractivity contribution in [2.75, 3.05) is 11.9 Å². The van der Waals surface area contributed by atoms with Crippen molar-refractivity contribution in [3.05, 3.63) is 65.5 Å². The largest absolute Gasteiger partial charge is 0.332 e. The fourth-order valence-electron chi connectivity index (χ4n) is 2.18. The van der Waals surface area contributed by atoms with Crippen molar-refractivity contribution >= 4 is 17.6 Å². The molecule has 0 spiro atoms. The van der Waals surface area contributed by atoms with Gasteiger partial charge in [0, 0.05) is 11.6 Å². The third-order valence-corrected chi connectivity index (χ3v) is 3.48. The molecule has 0 aromatic heterocycles. The Morgan fingerprint density at radius 2 is 1.80 bits per heavy atom. The third kappa shape index (κ3) is 5.32. The molecule has 2 rings (SSSR count). The Hall–Kier alpha value is -2.87. The minimum Gasteiger partial charge on any atom is -0.332 e. The van der Waals surface area contributed by atoms with E-state index in [0.717, 1.165) is 12.1 Å². The summed E-state index contributed by atoms with van der Waals surface area (Å²) in [5, 5.41) is 5.75. The quantitative estimate of drug-likeness (QED) is 0.771. The van der Waals surface area contributed by atoms with Crippen LogP contribution in [0.15, 0.2) is 42.5 Å². The van der Waals surface area contributed by atoms with Crippen molar-refractivity contribution < 1.29 is 28.1 Å². The lowest BCUT2D eigenvalue weighted by Gasteiger charge is -2.12. The number of para-hydroxylation sites is 1. The van der Waals surface area contributed by atoms with E-state index < -0.39 is 35.4 Å². The zero-order chi connectivity index (χ0) is 18.4. The molecular weight excluding hydrogens is 335 g/mol. The van der Waals surface area contributed by atoms with Crippen LogP contribution in [0, 0.1) is 17.5 Å². The molecule has 1 atom stereocenters. The van der Waals surface area contributed by atoms with Crippen LogP contribution in [0.1, 0.15) is 18.5 Å². The summed E-state index contributed by atoms with van der Waals surface area (Å²) in [6.45, 7) is 1.48. The molecule has 0 heterocycles. The van der Waals surface area contributed by atoms with Gasteiger partial charge in [0.15, 0.2) is 6.54 Å². The van der Waals surface area contributed by atoms with Crippen molar-refractivity contribution in [1.29, 1.82) is 0 Å². The number of quaternary nitrogens is 1. The molecule has 25 heavy (non-hydrogen) atoms. The average molecular weight is 352 g/mol. The van der Waals surface area contributed by atoms with Gasteiger partial charge in [-0.3, -0.25) is 10.1 Å². The molecule has 0 bridgehead atoms. The summed E-state index contributed by atoms with van der Waals surface area (Å²) >= 11 is 0. The second-order valence-corrected chi connectivity index (χ2v) is 5.38. The monoisotopic (exact) mass is 352 g/mol. The molecule has 8 heteroatoms. The van der Waals surface area contributed by atoms with E-state index in [4.69, 9.17) is 0 Å². The molecule has 0 saturated carbocycles. The van der Waals surface area contributed by atoms with E-state index in [1.54, 1.807) is 6.92 Å². The van der Waals surface area contributed by atoms with Gasteiger partial charge < -0.3 is 10.6 Å². The number of nitrogens with one attached hydrogen (secondary N) is 2. The molecule has 2 aromatic rings. The number of halogens is 3. The van der Waals surface area contributed by atoms with E-state index in [9.17, 15) is 22.8 Å². The molecule has 2 aromatic carbocycles. The summed E-state index contributed by atoms with van der Waals surface area (Å²) in [6, 6.07) is 7.39. The lowest BCUT2D eigenvalue weighted by Crippen LogP contribution is -2.87. The third-order valence-electron chi connectivity index (χ3n) is 3.48. The summed E-state index contributed by atoms with van der Waals surface area (Å²) in [4.78, 5) is 23.4. The SMILES string of the molecule is C[C@H]([NH2+]CC(=O)NC(=O)Nc1ccccc1F)c1ccc(F)cc1F. The Labute approximate surface area is 142 Å². The number of amides is 3. The van der Waals surface area contributed by atoms with Crippen LogP contribution < -0.4 is 16.0 Å². The number of imide groups is 1. The van der Waals surface area contributed by atoms with Crippen LogP contribution in [0.2, 0.25) is 0 Å². The highest BCUT2D eigenvalue weighted by Crippen LogP contribution is 2.14. The van der Waals surface area contributed by atoms with E-state index >= 15 is 0 Å². The number of benzene rings is 2. The molecule has 4 N–H and O–H groups in total. The first-order chi connectivity index (χ1) is 11.9. The number of carbonyl (C=O) groups excluding carboxylic acids is 2. The topological polar surface area (TPSA) is 74.8 Å². The van der Waals surface area contributed by atoms with Crippen molar-refractivity contribution in [2.24, 2.45) is 0 Å². The maximum atomic E-state index is 13.7. The minimum atomic E-state index is -0.871. The molecular formula is C17H17F3N3O2+. The molecule has 0 aliphatic rings. The van der Waals surface area contributed by atoms with Gasteiger partial charge in [0.05, 0.1) is 5.69 Å². The van der Waals surface area contributed by atoms with Gasteiger partial charge in [0.25, 0.3) is 5.91 Å². The zero-order valence-electron chi connectivity index (χ0n) is 13.4. The number of anilines is 1. The highest BCUT2D eigenvalue weighted by Gasteiger charge is 2.17. The maximum Gasteiger partial charge on any atom is 0.326 e. The fourth-order valence-corrected chi connectivity index (χ4v) is 2.18. The average Bonchev–Trinajstić information content (AvgIpc) is 2.54. The Morgan fingerprint density at radius 3 is 2.48 bits per heavy atom. The summed E-state index contributed by atoms with van der Waals surface area (Å²) in [5.41, 5.74) is 0.184. The number of urea groups is 1. The first-order valence-electron chi connectivity index (χ1n) is 7.50. The van der Waals surface area contributed by atoms with E-state index in [1.807, 2.05) is 5.32 Å². The Bertz CT molecular complexity index is 783. The van der Waals surface area contributed by atoms with Crippen LogP contribution in [0.4, 0.5) is 23.7 Å². The van der Waals surface area contributed by atoms with Crippen LogP contribution >= 0.6 is 0 Å². The first kappa shape index (κ1) is 18.5. The first-order valence-corrected chi connectivity index (χ1v) is 7.50. The van der Waals surface area contributed by atoms with Gasteiger partial charge in [0.2, 0.25) is 0 Å². The van der Waals surface area contributed by atoms with E-state index in [-0.39, 0.29) is 17.8 Å². The Morgan fingerprint density at radius 1 is 1.08 bits per heavy atom. The molecule has 0 saturated heterocycles. The number of hydrogen-bond acceptors (Lipinski definition) is 2. The molecule has 3 amide bonds. The molecule has 132 valence electrons. The van der Waals surface area contributed by atoms with Crippen LogP contribution in [-0.2, 0) is 4.79 Å². The summed E-state index contributed by atoms with van der Waals surface area (Å²) in [7, 11) is 0. The molecule has 0 unspecified atom stereocenters. The van der Waals surface area contributed by atoms with Crippen LogP contribution in [0.5, 0.6) is 0 Å². The van der Waals surface area contributed by atoms with Crippen molar-refractivity contribution in [2.45, 2.75) is 13.0 Å². The Balaban J connectivity index is 1.83.